The van der Waals surface area contributed by atoms with Gasteiger partial charge in [0.2, 0.25) is 5.82 Å². The summed E-state index contributed by atoms with van der Waals surface area (Å²) in [7, 11) is 3.95. The highest BCUT2D eigenvalue weighted by Crippen LogP contribution is 2.41. The van der Waals surface area contributed by atoms with Gasteiger partial charge >= 0.3 is 0 Å². The monoisotopic (exact) mass is 416 g/mol. The molecule has 1 saturated heterocycles. The van der Waals surface area contributed by atoms with Crippen molar-refractivity contribution in [2.45, 2.75) is 32.2 Å². The molecule has 2 aliphatic heterocycles. The van der Waals surface area contributed by atoms with E-state index in [4.69, 9.17) is 0 Å². The lowest BCUT2D eigenvalue weighted by Gasteiger charge is -2.27. The topological polar surface area (TPSA) is 83.4 Å². The molecule has 156 valence electrons. The first-order chi connectivity index (χ1) is 14.0. The lowest BCUT2D eigenvalue weighted by molar-refractivity contribution is 0.0772. The Labute approximate surface area is 174 Å². The molecular weight excluding hydrogens is 388 g/mol. The normalized spacial score (nSPS) is 21.4. The van der Waals surface area contributed by atoms with Gasteiger partial charge in [0.15, 0.2) is 0 Å². The Morgan fingerprint density at radius 1 is 1.24 bits per heavy atom. The van der Waals surface area contributed by atoms with Crippen molar-refractivity contribution in [3.63, 3.8) is 0 Å². The van der Waals surface area contributed by atoms with Crippen LogP contribution in [-0.4, -0.2) is 76.7 Å². The number of carbonyl (C=O) groups is 2. The predicted octanol–water partition coefficient (Wildman–Crippen LogP) is 1.50. The number of hydrogen-bond donors (Lipinski definition) is 1. The van der Waals surface area contributed by atoms with Crippen LogP contribution in [0.25, 0.3) is 0 Å². The van der Waals surface area contributed by atoms with Crippen LogP contribution in [0.3, 0.4) is 0 Å². The molecule has 0 aliphatic carbocycles. The van der Waals surface area contributed by atoms with Gasteiger partial charge in [0.1, 0.15) is 5.82 Å². The average Bonchev–Trinajstić information content (AvgIpc) is 3.42. The maximum Gasteiger partial charge on any atom is 0.289 e. The molecular formula is C20H28N6O2S. The number of hydrogen-bond acceptors (Lipinski definition) is 6. The fraction of sp³-hybridized carbons (Fsp3) is 0.600. The Balaban J connectivity index is 1.41. The number of aromatic nitrogens is 3. The SMILES string of the molecule is CN(C)CCNC(=O)c1nnc2n1CCC1(CC2)CCN(C(=O)c2cccs2)C1. The van der Waals surface area contributed by atoms with Crippen LogP contribution in [0, 0.1) is 5.41 Å². The van der Waals surface area contributed by atoms with Gasteiger partial charge < -0.3 is 19.7 Å². The minimum atomic E-state index is -0.164. The average molecular weight is 417 g/mol. The first-order valence-electron chi connectivity index (χ1n) is 10.2. The van der Waals surface area contributed by atoms with E-state index in [1.54, 1.807) is 0 Å². The molecule has 2 aromatic rings. The first kappa shape index (κ1) is 20.0. The van der Waals surface area contributed by atoms with Crippen LogP contribution in [0.4, 0.5) is 0 Å². The van der Waals surface area contributed by atoms with E-state index in [0.29, 0.717) is 12.4 Å². The molecule has 9 heteroatoms. The Kier molecular flexibility index (Phi) is 5.69. The van der Waals surface area contributed by atoms with Gasteiger partial charge in [-0.25, -0.2) is 0 Å². The zero-order valence-electron chi connectivity index (χ0n) is 17.1. The quantitative estimate of drug-likeness (QED) is 0.799. The highest BCUT2D eigenvalue weighted by Gasteiger charge is 2.41. The van der Waals surface area contributed by atoms with E-state index in [2.05, 4.69) is 15.5 Å². The maximum atomic E-state index is 12.7. The Hall–Kier alpha value is -2.26. The van der Waals surface area contributed by atoms with Crippen LogP contribution in [0.2, 0.25) is 0 Å². The molecule has 29 heavy (non-hydrogen) atoms. The van der Waals surface area contributed by atoms with Crippen molar-refractivity contribution in [1.82, 2.24) is 29.9 Å². The standard InChI is InChI=1S/C20H28N6O2S/c1-24(2)12-9-21-18(27)17-23-22-16-5-6-20(8-11-26(16)17)7-10-25(14-20)19(28)15-4-3-13-29-15/h3-4,13H,5-12,14H2,1-2H3,(H,21,27). The molecule has 1 unspecified atom stereocenters. The first-order valence-corrected chi connectivity index (χ1v) is 11.0. The van der Waals surface area contributed by atoms with Gasteiger partial charge in [-0.1, -0.05) is 6.07 Å². The number of nitrogens with zero attached hydrogens (tertiary/aromatic N) is 5. The van der Waals surface area contributed by atoms with E-state index in [0.717, 1.165) is 62.6 Å². The van der Waals surface area contributed by atoms with Crippen LogP contribution in [0.5, 0.6) is 0 Å². The Morgan fingerprint density at radius 2 is 2.07 bits per heavy atom. The largest absolute Gasteiger partial charge is 0.348 e. The van der Waals surface area contributed by atoms with Crippen LogP contribution in [0.15, 0.2) is 17.5 Å². The third kappa shape index (κ3) is 4.20. The zero-order chi connectivity index (χ0) is 20.4. The predicted molar refractivity (Wildman–Crippen MR) is 111 cm³/mol. The molecule has 4 heterocycles. The molecule has 4 rings (SSSR count). The lowest BCUT2D eigenvalue weighted by Crippen LogP contribution is -2.33. The second-order valence-electron chi connectivity index (χ2n) is 8.35. The van der Waals surface area contributed by atoms with Crippen LogP contribution < -0.4 is 5.32 Å². The van der Waals surface area contributed by atoms with Crippen molar-refractivity contribution in [3.05, 3.63) is 34.0 Å². The highest BCUT2D eigenvalue weighted by molar-refractivity contribution is 7.12. The smallest absolute Gasteiger partial charge is 0.289 e. The van der Waals surface area contributed by atoms with Crippen LogP contribution in [-0.2, 0) is 13.0 Å². The minimum absolute atomic E-state index is 0.103. The molecule has 8 nitrogen and oxygen atoms in total. The summed E-state index contributed by atoms with van der Waals surface area (Å²) in [6, 6.07) is 3.82. The summed E-state index contributed by atoms with van der Waals surface area (Å²) in [6.07, 6.45) is 3.71. The van der Waals surface area contributed by atoms with Gasteiger partial charge in [-0.2, -0.15) is 0 Å². The van der Waals surface area contributed by atoms with Crippen molar-refractivity contribution in [2.75, 3.05) is 40.3 Å². The van der Waals surface area contributed by atoms with E-state index in [1.165, 1.54) is 11.3 Å². The van der Waals surface area contributed by atoms with Gasteiger partial charge in [-0.15, -0.1) is 21.5 Å². The zero-order valence-corrected chi connectivity index (χ0v) is 17.9. The lowest BCUT2D eigenvalue weighted by atomic mass is 9.80. The summed E-state index contributed by atoms with van der Waals surface area (Å²) >= 11 is 1.50. The van der Waals surface area contributed by atoms with Gasteiger partial charge in [0.25, 0.3) is 11.8 Å². The van der Waals surface area contributed by atoms with Crippen molar-refractivity contribution < 1.29 is 9.59 Å². The fourth-order valence-electron chi connectivity index (χ4n) is 4.32. The van der Waals surface area contributed by atoms with Gasteiger partial charge in [-0.3, -0.25) is 9.59 Å². The van der Waals surface area contributed by atoms with Gasteiger partial charge in [-0.05, 0) is 50.2 Å². The third-order valence-electron chi connectivity index (χ3n) is 6.08. The van der Waals surface area contributed by atoms with Crippen LogP contribution in [0.1, 0.15) is 45.4 Å². The molecule has 1 atom stereocenters. The van der Waals surface area contributed by atoms with E-state index >= 15 is 0 Å². The summed E-state index contributed by atoms with van der Waals surface area (Å²) in [5.74, 6) is 1.26. The van der Waals surface area contributed by atoms with Crippen molar-refractivity contribution in [1.29, 1.82) is 0 Å². The molecule has 2 aromatic heterocycles. The van der Waals surface area contributed by atoms with Crippen molar-refractivity contribution in [2.24, 2.45) is 5.41 Å². The van der Waals surface area contributed by atoms with E-state index in [1.807, 2.05) is 46.0 Å². The van der Waals surface area contributed by atoms with Crippen molar-refractivity contribution >= 4 is 23.2 Å². The van der Waals surface area contributed by atoms with E-state index in [9.17, 15) is 9.59 Å². The van der Waals surface area contributed by atoms with Crippen molar-refractivity contribution in [3.8, 4) is 0 Å². The number of rotatable bonds is 5. The molecule has 0 saturated carbocycles. The van der Waals surface area contributed by atoms with Gasteiger partial charge in [0.05, 0.1) is 4.88 Å². The molecule has 1 spiro atoms. The summed E-state index contributed by atoms with van der Waals surface area (Å²) in [6.45, 7) is 3.67. The third-order valence-corrected chi connectivity index (χ3v) is 6.94. The summed E-state index contributed by atoms with van der Waals surface area (Å²) in [5, 5.41) is 13.3. The molecule has 0 aromatic carbocycles. The number of amides is 2. The Morgan fingerprint density at radius 3 is 2.83 bits per heavy atom. The molecule has 2 aliphatic rings. The molecule has 1 fully saturated rings. The highest BCUT2D eigenvalue weighted by atomic mass is 32.1. The summed E-state index contributed by atoms with van der Waals surface area (Å²) in [5.41, 5.74) is 0.103. The number of thiophene rings is 1. The molecule has 0 radical (unpaired) electrons. The Bertz CT molecular complexity index is 878. The number of nitrogens with one attached hydrogen (secondary N) is 1. The maximum absolute atomic E-state index is 12.7. The number of aryl methyl sites for hydroxylation is 1. The molecule has 2 amide bonds. The van der Waals surface area contributed by atoms with E-state index < -0.39 is 0 Å². The molecule has 1 N–H and O–H groups in total. The van der Waals surface area contributed by atoms with E-state index in [-0.39, 0.29) is 17.2 Å². The minimum Gasteiger partial charge on any atom is -0.348 e. The van der Waals surface area contributed by atoms with Gasteiger partial charge in [0, 0.05) is 39.1 Å². The second-order valence-corrected chi connectivity index (χ2v) is 9.30. The number of carbonyl (C=O) groups excluding carboxylic acids is 2. The fourth-order valence-corrected chi connectivity index (χ4v) is 5.01. The summed E-state index contributed by atoms with van der Waals surface area (Å²) < 4.78 is 1.98. The second kappa shape index (κ2) is 8.23. The molecule has 0 bridgehead atoms. The van der Waals surface area contributed by atoms with Crippen LogP contribution >= 0.6 is 11.3 Å². The summed E-state index contributed by atoms with van der Waals surface area (Å²) in [4.78, 5) is 30.1. The number of likely N-dealkylation sites (N-methyl/N-ethyl adjacent to an activating group) is 1. The number of fused-ring (bicyclic) bond motifs is 1. The number of likely N-dealkylation sites (tertiary alicyclic amines) is 1.